The quantitative estimate of drug-likeness (QED) is 0.324. The second kappa shape index (κ2) is 9.26. The van der Waals surface area contributed by atoms with Crippen LogP contribution >= 0.6 is 11.8 Å². The van der Waals surface area contributed by atoms with Crippen LogP contribution < -0.4 is 4.90 Å². The summed E-state index contributed by atoms with van der Waals surface area (Å²) in [5.41, 5.74) is 2.44. The van der Waals surface area contributed by atoms with Gasteiger partial charge in [0.1, 0.15) is 0 Å². The van der Waals surface area contributed by atoms with Gasteiger partial charge in [0, 0.05) is 17.4 Å². The van der Waals surface area contributed by atoms with Crippen LogP contribution in [0.2, 0.25) is 0 Å². The molecular formula is C23H24N2O4S. The number of nitro groups is 1. The van der Waals surface area contributed by atoms with E-state index in [1.54, 1.807) is 12.1 Å². The number of benzene rings is 2. The number of hydrogen-bond donors (Lipinski definition) is 0. The third-order valence-electron chi connectivity index (χ3n) is 4.78. The Morgan fingerprint density at radius 1 is 1.00 bits per heavy atom. The van der Waals surface area contributed by atoms with Crippen molar-refractivity contribution in [1.82, 2.24) is 0 Å². The first-order chi connectivity index (χ1) is 14.3. The number of nitro benzene ring substituents is 1. The van der Waals surface area contributed by atoms with Gasteiger partial charge in [0.2, 0.25) is 0 Å². The van der Waals surface area contributed by atoms with Gasteiger partial charge in [-0.1, -0.05) is 39.3 Å². The molecule has 156 valence electrons. The second-order valence-corrected chi connectivity index (χ2v) is 8.98. The molecule has 7 heteroatoms. The Labute approximate surface area is 180 Å². The van der Waals surface area contributed by atoms with Crippen molar-refractivity contribution < 1.29 is 14.5 Å². The molecule has 1 heterocycles. The Morgan fingerprint density at radius 3 is 2.17 bits per heavy atom. The van der Waals surface area contributed by atoms with Crippen LogP contribution in [0.5, 0.6) is 0 Å². The molecule has 0 atom stereocenters. The van der Waals surface area contributed by atoms with Crippen LogP contribution in [0, 0.1) is 10.1 Å². The minimum absolute atomic E-state index is 0.0614. The fourth-order valence-electron chi connectivity index (χ4n) is 3.29. The molecule has 0 aliphatic carbocycles. The number of anilines is 1. The number of carbonyl (C=O) groups is 2. The number of nitrogens with zero attached hydrogens (tertiary/aromatic N) is 2. The Balaban J connectivity index is 1.97. The van der Waals surface area contributed by atoms with Crippen LogP contribution in [0.25, 0.3) is 5.57 Å². The number of carbonyl (C=O) groups excluding carboxylic acids is 2. The maximum absolute atomic E-state index is 13.3. The number of unbranched alkanes of at least 4 members (excludes halogenated alkanes) is 1. The van der Waals surface area contributed by atoms with Gasteiger partial charge in [0.05, 0.1) is 21.1 Å². The summed E-state index contributed by atoms with van der Waals surface area (Å²) < 4.78 is 0. The third kappa shape index (κ3) is 4.46. The summed E-state index contributed by atoms with van der Waals surface area (Å²) in [6.45, 7) is 6.04. The zero-order valence-electron chi connectivity index (χ0n) is 17.3. The summed E-state index contributed by atoms with van der Waals surface area (Å²) in [6, 6.07) is 13.3. The van der Waals surface area contributed by atoms with Crippen molar-refractivity contribution in [2.24, 2.45) is 0 Å². The molecule has 0 fully saturated rings. The highest BCUT2D eigenvalue weighted by Gasteiger charge is 2.40. The number of amides is 2. The molecule has 6 nitrogen and oxygen atoms in total. The molecule has 0 aromatic heterocycles. The van der Waals surface area contributed by atoms with Gasteiger partial charge in [0.15, 0.2) is 0 Å². The molecule has 0 bridgehead atoms. The highest BCUT2D eigenvalue weighted by Crippen LogP contribution is 2.40. The zero-order valence-corrected chi connectivity index (χ0v) is 18.1. The number of imide groups is 1. The van der Waals surface area contributed by atoms with Gasteiger partial charge in [-0.2, -0.15) is 0 Å². The van der Waals surface area contributed by atoms with E-state index in [1.807, 2.05) is 26.0 Å². The molecule has 2 aromatic rings. The normalized spacial score (nSPS) is 14.2. The maximum Gasteiger partial charge on any atom is 0.272 e. The van der Waals surface area contributed by atoms with E-state index < -0.39 is 10.8 Å². The Kier molecular flexibility index (Phi) is 6.72. The van der Waals surface area contributed by atoms with Crippen LogP contribution in [0.1, 0.15) is 44.7 Å². The predicted molar refractivity (Wildman–Crippen MR) is 120 cm³/mol. The van der Waals surface area contributed by atoms with Crippen molar-refractivity contribution in [2.75, 3.05) is 4.90 Å². The van der Waals surface area contributed by atoms with Crippen molar-refractivity contribution in [3.05, 3.63) is 74.7 Å². The maximum atomic E-state index is 13.3. The number of non-ortho nitro benzene ring substituents is 1. The van der Waals surface area contributed by atoms with Gasteiger partial charge >= 0.3 is 0 Å². The van der Waals surface area contributed by atoms with Crippen molar-refractivity contribution in [1.29, 1.82) is 0 Å². The highest BCUT2D eigenvalue weighted by atomic mass is 32.2. The smallest absolute Gasteiger partial charge is 0.268 e. The average Bonchev–Trinajstić information content (AvgIpc) is 2.96. The minimum atomic E-state index is -0.490. The van der Waals surface area contributed by atoms with Crippen LogP contribution in [-0.4, -0.2) is 22.0 Å². The first-order valence-electron chi connectivity index (χ1n) is 9.97. The summed E-state index contributed by atoms with van der Waals surface area (Å²) in [4.78, 5) is 38.5. The highest BCUT2D eigenvalue weighted by molar-refractivity contribution is 8.04. The first-order valence-corrected chi connectivity index (χ1v) is 10.8. The van der Waals surface area contributed by atoms with E-state index in [-0.39, 0.29) is 16.8 Å². The fraction of sp³-hybridized carbons (Fsp3) is 0.304. The Bertz CT molecular complexity index is 995. The zero-order chi connectivity index (χ0) is 21.8. The van der Waals surface area contributed by atoms with Gasteiger partial charge in [-0.05, 0) is 48.2 Å². The van der Waals surface area contributed by atoms with E-state index in [0.29, 0.717) is 21.7 Å². The van der Waals surface area contributed by atoms with Crippen molar-refractivity contribution in [2.45, 2.75) is 45.3 Å². The van der Waals surface area contributed by atoms with Crippen molar-refractivity contribution in [3.63, 3.8) is 0 Å². The van der Waals surface area contributed by atoms with Gasteiger partial charge in [-0.25, -0.2) is 4.90 Å². The molecule has 2 aromatic carbocycles. The van der Waals surface area contributed by atoms with Crippen molar-refractivity contribution >= 4 is 40.5 Å². The van der Waals surface area contributed by atoms with E-state index >= 15 is 0 Å². The topological polar surface area (TPSA) is 80.5 Å². The average molecular weight is 425 g/mol. The molecule has 3 rings (SSSR count). The second-order valence-electron chi connectivity index (χ2n) is 7.39. The van der Waals surface area contributed by atoms with E-state index in [9.17, 15) is 19.7 Å². The molecule has 0 spiro atoms. The lowest BCUT2D eigenvalue weighted by molar-refractivity contribution is -0.384. The molecule has 1 aliphatic heterocycles. The molecule has 0 N–H and O–H groups in total. The first kappa shape index (κ1) is 21.8. The molecule has 0 saturated heterocycles. The summed E-state index contributed by atoms with van der Waals surface area (Å²) in [7, 11) is 0. The van der Waals surface area contributed by atoms with Crippen molar-refractivity contribution in [3.8, 4) is 0 Å². The lowest BCUT2D eigenvalue weighted by Crippen LogP contribution is -2.31. The SMILES string of the molecule is CCCCc1ccc(N2C(=O)C(SC(C)C)=C(c3ccc([N+](=O)[O-])cc3)C2=O)cc1. The summed E-state index contributed by atoms with van der Waals surface area (Å²) in [5.74, 6) is -0.758. The number of thioether (sulfide) groups is 1. The minimum Gasteiger partial charge on any atom is -0.268 e. The Morgan fingerprint density at radius 2 is 1.63 bits per heavy atom. The van der Waals surface area contributed by atoms with Gasteiger partial charge in [0.25, 0.3) is 17.5 Å². The van der Waals surface area contributed by atoms with Crippen LogP contribution in [0.4, 0.5) is 11.4 Å². The standard InChI is InChI=1S/C23H24N2O4S/c1-4-5-6-16-7-11-18(12-8-16)24-22(26)20(21(23(24)27)30-15(2)3)17-9-13-19(14-10-17)25(28)29/h7-15H,4-6H2,1-3H3. The summed E-state index contributed by atoms with van der Waals surface area (Å²) in [5, 5.41) is 11.0. The van der Waals surface area contributed by atoms with E-state index in [4.69, 9.17) is 0 Å². The monoisotopic (exact) mass is 424 g/mol. The third-order valence-corrected chi connectivity index (χ3v) is 5.86. The molecule has 0 saturated carbocycles. The number of rotatable bonds is 8. The van der Waals surface area contributed by atoms with E-state index in [1.165, 1.54) is 46.5 Å². The Hall–Kier alpha value is -2.93. The molecular weight excluding hydrogens is 400 g/mol. The lowest BCUT2D eigenvalue weighted by Gasteiger charge is -2.16. The molecule has 0 unspecified atom stereocenters. The summed E-state index contributed by atoms with van der Waals surface area (Å²) >= 11 is 1.33. The summed E-state index contributed by atoms with van der Waals surface area (Å²) in [6.07, 6.45) is 3.14. The molecule has 30 heavy (non-hydrogen) atoms. The number of aryl methyl sites for hydroxylation is 1. The largest absolute Gasteiger partial charge is 0.272 e. The van der Waals surface area contributed by atoms with Crippen LogP contribution in [0.3, 0.4) is 0 Å². The fourth-order valence-corrected chi connectivity index (χ4v) is 4.27. The van der Waals surface area contributed by atoms with E-state index in [2.05, 4.69) is 6.92 Å². The van der Waals surface area contributed by atoms with Crippen LogP contribution in [-0.2, 0) is 16.0 Å². The van der Waals surface area contributed by atoms with Gasteiger partial charge < -0.3 is 0 Å². The lowest BCUT2D eigenvalue weighted by atomic mass is 10.1. The van der Waals surface area contributed by atoms with E-state index in [0.717, 1.165) is 19.3 Å². The molecule has 2 amide bonds. The molecule has 0 radical (unpaired) electrons. The molecule has 1 aliphatic rings. The predicted octanol–water partition coefficient (Wildman–Crippen LogP) is 5.36. The van der Waals surface area contributed by atoms with Gasteiger partial charge in [-0.15, -0.1) is 11.8 Å². The van der Waals surface area contributed by atoms with Crippen LogP contribution in [0.15, 0.2) is 53.4 Å². The number of hydrogen-bond acceptors (Lipinski definition) is 5. The van der Waals surface area contributed by atoms with Gasteiger partial charge in [-0.3, -0.25) is 19.7 Å².